The molecule has 1 saturated carbocycles. The number of terminal acetylenes is 1. The third-order valence-corrected chi connectivity index (χ3v) is 3.29. The molecular weight excluding hydrogens is 208 g/mol. The van der Waals surface area contributed by atoms with Crippen molar-refractivity contribution in [2.75, 3.05) is 0 Å². The predicted molar refractivity (Wildman–Crippen MR) is 71.1 cm³/mol. The van der Waals surface area contributed by atoms with Gasteiger partial charge in [0, 0.05) is 6.42 Å². The van der Waals surface area contributed by atoms with E-state index >= 15 is 0 Å². The fourth-order valence-corrected chi connectivity index (χ4v) is 2.37. The Bertz CT molecular complexity index is 383. The molecule has 90 valence electrons. The summed E-state index contributed by atoms with van der Waals surface area (Å²) in [5.74, 6) is 3.70. The number of hydrogen-bond acceptors (Lipinski definition) is 1. The molecule has 0 atom stereocenters. The van der Waals surface area contributed by atoms with E-state index in [1.165, 1.54) is 31.2 Å². The molecule has 0 unspecified atom stereocenters. The first-order valence-electron chi connectivity index (χ1n) is 6.57. The Morgan fingerprint density at radius 2 is 2.12 bits per heavy atom. The van der Waals surface area contributed by atoms with Crippen LogP contribution in [0.3, 0.4) is 0 Å². The minimum atomic E-state index is 0.441. The quantitative estimate of drug-likeness (QED) is 0.547. The van der Waals surface area contributed by atoms with Crippen LogP contribution in [-0.2, 0) is 6.42 Å². The van der Waals surface area contributed by atoms with Crippen molar-refractivity contribution in [2.24, 2.45) is 0 Å². The lowest BCUT2D eigenvalue weighted by Crippen LogP contribution is -2.10. The summed E-state index contributed by atoms with van der Waals surface area (Å²) in [6.45, 7) is 0. The zero-order valence-corrected chi connectivity index (χ0v) is 10.3. The van der Waals surface area contributed by atoms with Gasteiger partial charge in [-0.25, -0.2) is 0 Å². The summed E-state index contributed by atoms with van der Waals surface area (Å²) in [4.78, 5) is 0. The summed E-state index contributed by atoms with van der Waals surface area (Å²) in [5, 5.41) is 0. The first-order valence-corrected chi connectivity index (χ1v) is 6.57. The van der Waals surface area contributed by atoms with Crippen molar-refractivity contribution in [1.29, 1.82) is 0 Å². The molecule has 1 heteroatoms. The molecule has 2 rings (SSSR count). The van der Waals surface area contributed by atoms with E-state index in [4.69, 9.17) is 11.2 Å². The maximum absolute atomic E-state index is 5.98. The van der Waals surface area contributed by atoms with Gasteiger partial charge in [0.2, 0.25) is 0 Å². The minimum absolute atomic E-state index is 0.441. The van der Waals surface area contributed by atoms with Gasteiger partial charge in [0.1, 0.15) is 5.75 Å². The molecule has 0 aromatic heterocycles. The van der Waals surface area contributed by atoms with Crippen molar-refractivity contribution >= 4 is 0 Å². The monoisotopic (exact) mass is 228 g/mol. The van der Waals surface area contributed by atoms with Crippen molar-refractivity contribution in [3.05, 3.63) is 29.8 Å². The van der Waals surface area contributed by atoms with Crippen molar-refractivity contribution in [3.8, 4) is 18.1 Å². The minimum Gasteiger partial charge on any atom is -0.490 e. The third-order valence-electron chi connectivity index (χ3n) is 3.29. The molecule has 0 radical (unpaired) electrons. The van der Waals surface area contributed by atoms with Gasteiger partial charge in [-0.05, 0) is 56.2 Å². The fourth-order valence-electron chi connectivity index (χ4n) is 2.37. The second-order valence-electron chi connectivity index (χ2n) is 4.73. The second kappa shape index (κ2) is 6.35. The van der Waals surface area contributed by atoms with Crippen molar-refractivity contribution < 1.29 is 4.74 Å². The lowest BCUT2D eigenvalue weighted by atomic mass is 10.1. The molecule has 0 aliphatic heterocycles. The molecule has 1 aliphatic carbocycles. The highest BCUT2D eigenvalue weighted by molar-refractivity contribution is 5.29. The Kier molecular flexibility index (Phi) is 4.50. The fraction of sp³-hybridized carbons (Fsp3) is 0.500. The van der Waals surface area contributed by atoms with Crippen LogP contribution in [0.2, 0.25) is 0 Å². The maximum atomic E-state index is 5.98. The Morgan fingerprint density at radius 3 is 2.88 bits per heavy atom. The number of benzene rings is 1. The molecule has 0 heterocycles. The first kappa shape index (κ1) is 12.0. The van der Waals surface area contributed by atoms with Crippen LogP contribution in [0.4, 0.5) is 0 Å². The Balaban J connectivity index is 1.89. The van der Waals surface area contributed by atoms with Crippen LogP contribution in [0, 0.1) is 12.3 Å². The van der Waals surface area contributed by atoms with E-state index in [0.717, 1.165) is 25.0 Å². The molecular formula is C16H20O. The molecule has 1 aromatic carbocycles. The summed E-state index contributed by atoms with van der Waals surface area (Å²) in [6.07, 6.45) is 13.7. The Morgan fingerprint density at radius 1 is 1.29 bits per heavy atom. The van der Waals surface area contributed by atoms with Gasteiger partial charge >= 0.3 is 0 Å². The van der Waals surface area contributed by atoms with Gasteiger partial charge in [-0.1, -0.05) is 12.1 Å². The van der Waals surface area contributed by atoms with Crippen LogP contribution in [0.15, 0.2) is 24.3 Å². The van der Waals surface area contributed by atoms with Crippen LogP contribution in [0.5, 0.6) is 5.75 Å². The largest absolute Gasteiger partial charge is 0.490 e. The lowest BCUT2D eigenvalue weighted by molar-refractivity contribution is 0.210. The number of hydrogen-bond donors (Lipinski definition) is 0. The lowest BCUT2D eigenvalue weighted by Gasteiger charge is -2.13. The molecule has 0 amide bonds. The van der Waals surface area contributed by atoms with Gasteiger partial charge in [-0.3, -0.25) is 0 Å². The predicted octanol–water partition coefficient (Wildman–Crippen LogP) is 3.96. The Hall–Kier alpha value is -1.42. The molecule has 1 nitrogen and oxygen atoms in total. The SMILES string of the molecule is C#CCCCc1cccc(OC2CCCC2)c1. The van der Waals surface area contributed by atoms with E-state index in [1.807, 2.05) is 0 Å². The highest BCUT2D eigenvalue weighted by Crippen LogP contribution is 2.24. The van der Waals surface area contributed by atoms with Gasteiger partial charge in [0.25, 0.3) is 0 Å². The molecule has 1 aromatic rings. The zero-order valence-electron chi connectivity index (χ0n) is 10.3. The number of unbranched alkanes of at least 4 members (excludes halogenated alkanes) is 1. The molecule has 0 saturated heterocycles. The summed E-state index contributed by atoms with van der Waals surface area (Å²) in [6, 6.07) is 8.45. The van der Waals surface area contributed by atoms with E-state index in [-0.39, 0.29) is 0 Å². The average Bonchev–Trinajstić information content (AvgIpc) is 2.83. The normalized spacial score (nSPS) is 15.7. The molecule has 0 spiro atoms. The van der Waals surface area contributed by atoms with Crippen LogP contribution in [0.1, 0.15) is 44.1 Å². The molecule has 0 N–H and O–H groups in total. The van der Waals surface area contributed by atoms with Crippen LogP contribution in [0.25, 0.3) is 0 Å². The summed E-state index contributed by atoms with van der Waals surface area (Å²) in [7, 11) is 0. The van der Waals surface area contributed by atoms with Crippen LogP contribution in [-0.4, -0.2) is 6.10 Å². The van der Waals surface area contributed by atoms with E-state index < -0.39 is 0 Å². The van der Waals surface area contributed by atoms with Gasteiger partial charge < -0.3 is 4.74 Å². The molecule has 1 aliphatic rings. The molecule has 1 fully saturated rings. The second-order valence-corrected chi connectivity index (χ2v) is 4.73. The topological polar surface area (TPSA) is 9.23 Å². The number of ether oxygens (including phenoxy) is 1. The zero-order chi connectivity index (χ0) is 11.9. The molecule has 17 heavy (non-hydrogen) atoms. The summed E-state index contributed by atoms with van der Waals surface area (Å²) in [5.41, 5.74) is 1.33. The Labute approximate surface area is 104 Å². The van der Waals surface area contributed by atoms with Crippen molar-refractivity contribution in [2.45, 2.75) is 51.0 Å². The number of rotatable bonds is 5. The highest BCUT2D eigenvalue weighted by atomic mass is 16.5. The standard InChI is InChI=1S/C16H20O/c1-2-3-4-8-14-9-7-12-16(13-14)17-15-10-5-6-11-15/h1,7,9,12-13,15H,3-6,8,10-11H2. The smallest absolute Gasteiger partial charge is 0.119 e. The first-order chi connectivity index (χ1) is 8.38. The third kappa shape index (κ3) is 3.82. The maximum Gasteiger partial charge on any atom is 0.119 e. The van der Waals surface area contributed by atoms with Gasteiger partial charge in [-0.15, -0.1) is 12.3 Å². The molecule has 0 bridgehead atoms. The van der Waals surface area contributed by atoms with Crippen molar-refractivity contribution in [1.82, 2.24) is 0 Å². The van der Waals surface area contributed by atoms with E-state index in [9.17, 15) is 0 Å². The summed E-state index contributed by atoms with van der Waals surface area (Å²) < 4.78 is 5.98. The van der Waals surface area contributed by atoms with Gasteiger partial charge in [0.15, 0.2) is 0 Å². The van der Waals surface area contributed by atoms with E-state index in [2.05, 4.69) is 30.2 Å². The van der Waals surface area contributed by atoms with Crippen LogP contribution < -0.4 is 4.74 Å². The van der Waals surface area contributed by atoms with Crippen molar-refractivity contribution in [3.63, 3.8) is 0 Å². The highest BCUT2D eigenvalue weighted by Gasteiger charge is 2.16. The summed E-state index contributed by atoms with van der Waals surface area (Å²) >= 11 is 0. The van der Waals surface area contributed by atoms with E-state index in [0.29, 0.717) is 6.10 Å². The number of aryl methyl sites for hydroxylation is 1. The van der Waals surface area contributed by atoms with Gasteiger partial charge in [-0.2, -0.15) is 0 Å². The van der Waals surface area contributed by atoms with E-state index in [1.54, 1.807) is 0 Å². The van der Waals surface area contributed by atoms with Crippen LogP contribution >= 0.6 is 0 Å². The van der Waals surface area contributed by atoms with Gasteiger partial charge in [0.05, 0.1) is 6.10 Å². The average molecular weight is 228 g/mol.